The molecule has 6 nitrogen and oxygen atoms in total. The van der Waals surface area contributed by atoms with E-state index in [1.807, 2.05) is 24.8 Å². The largest absolute Gasteiger partial charge is 0.339 e. The van der Waals surface area contributed by atoms with Crippen molar-refractivity contribution in [3.8, 4) is 0 Å². The van der Waals surface area contributed by atoms with E-state index in [2.05, 4.69) is 33.2 Å². The van der Waals surface area contributed by atoms with Gasteiger partial charge in [-0.15, -0.1) is 0 Å². The number of carbonyl (C=O) groups is 1. The number of rotatable bonds is 4. The number of piperazine rings is 1. The van der Waals surface area contributed by atoms with Crippen LogP contribution in [0.1, 0.15) is 34.4 Å². The molecule has 1 fully saturated rings. The molecule has 3 rings (SSSR count). The second-order valence-corrected chi connectivity index (χ2v) is 7.38. The molecule has 1 aromatic heterocycles. The molecule has 0 unspecified atom stereocenters. The van der Waals surface area contributed by atoms with Crippen LogP contribution in [-0.4, -0.2) is 58.4 Å². The van der Waals surface area contributed by atoms with Crippen LogP contribution in [-0.2, 0) is 0 Å². The molecule has 0 saturated carbocycles. The Morgan fingerprint density at radius 2 is 1.81 bits per heavy atom. The molecular weight excluding hydrogens is 362 g/mol. The molecular formula is C20H26ClN5O. The molecule has 1 amide bonds. The molecule has 7 heteroatoms. The van der Waals surface area contributed by atoms with Crippen molar-refractivity contribution >= 4 is 29.0 Å². The van der Waals surface area contributed by atoms with Gasteiger partial charge in [-0.05, 0) is 44.5 Å². The second-order valence-electron chi connectivity index (χ2n) is 6.98. The average Bonchev–Trinajstić information content (AvgIpc) is 2.63. The lowest BCUT2D eigenvalue weighted by atomic mass is 10.1. The first kappa shape index (κ1) is 19.6. The molecule has 1 N–H and O–H groups in total. The number of benzene rings is 1. The quantitative estimate of drug-likeness (QED) is 0.868. The minimum Gasteiger partial charge on any atom is -0.339 e. The van der Waals surface area contributed by atoms with Gasteiger partial charge in [-0.1, -0.05) is 24.6 Å². The van der Waals surface area contributed by atoms with Gasteiger partial charge in [0, 0.05) is 32.2 Å². The molecule has 0 atom stereocenters. The highest BCUT2D eigenvalue weighted by Gasteiger charge is 2.23. The maximum absolute atomic E-state index is 12.9. The van der Waals surface area contributed by atoms with E-state index in [-0.39, 0.29) is 5.91 Å². The summed E-state index contributed by atoms with van der Waals surface area (Å²) in [6.07, 6.45) is 0. The number of amides is 1. The lowest BCUT2D eigenvalue weighted by molar-refractivity contribution is 0.0637. The van der Waals surface area contributed by atoms with Gasteiger partial charge < -0.3 is 15.1 Å². The molecule has 2 heterocycles. The van der Waals surface area contributed by atoms with Crippen LogP contribution in [0.5, 0.6) is 0 Å². The standard InChI is InChI=1S/C20H26ClN5O/c1-5-25-6-8-26(9-7-25)20(27)17-12-18(23-15(4)22-17)24-19-14(3)10-13(2)11-16(19)21/h10-12H,5-9H2,1-4H3,(H,22,23,24). The van der Waals surface area contributed by atoms with Gasteiger partial charge in [0.25, 0.3) is 5.91 Å². The topological polar surface area (TPSA) is 61.4 Å². The van der Waals surface area contributed by atoms with Crippen molar-refractivity contribution < 1.29 is 4.79 Å². The van der Waals surface area contributed by atoms with Crippen molar-refractivity contribution in [1.29, 1.82) is 0 Å². The highest BCUT2D eigenvalue weighted by Crippen LogP contribution is 2.30. The van der Waals surface area contributed by atoms with Crippen molar-refractivity contribution in [2.75, 3.05) is 38.0 Å². The van der Waals surface area contributed by atoms with Gasteiger partial charge in [-0.3, -0.25) is 4.79 Å². The summed E-state index contributed by atoms with van der Waals surface area (Å²) in [5.41, 5.74) is 3.34. The highest BCUT2D eigenvalue weighted by molar-refractivity contribution is 6.33. The summed E-state index contributed by atoms with van der Waals surface area (Å²) in [5.74, 6) is 1.08. The fourth-order valence-corrected chi connectivity index (χ4v) is 3.74. The summed E-state index contributed by atoms with van der Waals surface area (Å²) >= 11 is 6.39. The number of nitrogens with zero attached hydrogens (tertiary/aromatic N) is 4. The third-order valence-electron chi connectivity index (χ3n) is 4.85. The van der Waals surface area contributed by atoms with E-state index in [9.17, 15) is 4.79 Å². The number of hydrogen-bond acceptors (Lipinski definition) is 5. The summed E-state index contributed by atoms with van der Waals surface area (Å²) in [7, 11) is 0. The first-order chi connectivity index (χ1) is 12.9. The van der Waals surface area contributed by atoms with Crippen LogP contribution in [0, 0.1) is 20.8 Å². The summed E-state index contributed by atoms with van der Waals surface area (Å²) in [6, 6.07) is 5.67. The van der Waals surface area contributed by atoms with Gasteiger partial charge in [0.1, 0.15) is 17.3 Å². The molecule has 1 saturated heterocycles. The van der Waals surface area contributed by atoms with Crippen molar-refractivity contribution in [3.63, 3.8) is 0 Å². The third-order valence-corrected chi connectivity index (χ3v) is 5.15. The van der Waals surface area contributed by atoms with E-state index in [0.29, 0.717) is 22.4 Å². The zero-order valence-electron chi connectivity index (χ0n) is 16.3. The van der Waals surface area contributed by atoms with Gasteiger partial charge >= 0.3 is 0 Å². The molecule has 0 radical (unpaired) electrons. The van der Waals surface area contributed by atoms with E-state index in [0.717, 1.165) is 49.5 Å². The van der Waals surface area contributed by atoms with Crippen LogP contribution in [0.2, 0.25) is 5.02 Å². The number of nitrogens with one attached hydrogen (secondary N) is 1. The Morgan fingerprint density at radius 1 is 1.11 bits per heavy atom. The van der Waals surface area contributed by atoms with Crippen LogP contribution < -0.4 is 5.32 Å². The third kappa shape index (κ3) is 4.57. The van der Waals surface area contributed by atoms with E-state index in [1.165, 1.54) is 0 Å². The summed E-state index contributed by atoms with van der Waals surface area (Å²) in [5, 5.41) is 3.89. The minimum atomic E-state index is -0.0500. The Hall–Kier alpha value is -2.18. The smallest absolute Gasteiger partial charge is 0.272 e. The molecule has 0 bridgehead atoms. The van der Waals surface area contributed by atoms with E-state index >= 15 is 0 Å². The first-order valence-corrected chi connectivity index (χ1v) is 9.66. The van der Waals surface area contributed by atoms with Crippen LogP contribution in [0.15, 0.2) is 18.2 Å². The second kappa shape index (κ2) is 8.23. The lowest BCUT2D eigenvalue weighted by Crippen LogP contribution is -2.48. The van der Waals surface area contributed by atoms with Crippen molar-refractivity contribution in [3.05, 3.63) is 45.9 Å². The van der Waals surface area contributed by atoms with Crippen molar-refractivity contribution in [2.24, 2.45) is 0 Å². The molecule has 27 heavy (non-hydrogen) atoms. The predicted molar refractivity (Wildman–Crippen MR) is 109 cm³/mol. The molecule has 1 aromatic carbocycles. The van der Waals surface area contributed by atoms with Crippen LogP contribution in [0.4, 0.5) is 11.5 Å². The van der Waals surface area contributed by atoms with Crippen LogP contribution >= 0.6 is 11.6 Å². The molecule has 0 aliphatic carbocycles. The Morgan fingerprint density at radius 3 is 2.44 bits per heavy atom. The molecule has 144 valence electrons. The summed E-state index contributed by atoms with van der Waals surface area (Å²) in [6.45, 7) is 12.2. The fourth-order valence-electron chi connectivity index (χ4n) is 3.37. The molecule has 2 aromatic rings. The monoisotopic (exact) mass is 387 g/mol. The van der Waals surface area contributed by atoms with Gasteiger partial charge in [0.05, 0.1) is 10.7 Å². The van der Waals surface area contributed by atoms with Crippen LogP contribution in [0.25, 0.3) is 0 Å². The number of aryl methyl sites for hydroxylation is 3. The van der Waals surface area contributed by atoms with Gasteiger partial charge in [-0.2, -0.15) is 0 Å². The summed E-state index contributed by atoms with van der Waals surface area (Å²) < 4.78 is 0. The fraction of sp³-hybridized carbons (Fsp3) is 0.450. The number of aromatic nitrogens is 2. The lowest BCUT2D eigenvalue weighted by Gasteiger charge is -2.33. The van der Waals surface area contributed by atoms with Crippen molar-refractivity contribution in [1.82, 2.24) is 19.8 Å². The zero-order valence-corrected chi connectivity index (χ0v) is 17.1. The zero-order chi connectivity index (χ0) is 19.6. The number of likely N-dealkylation sites (N-methyl/N-ethyl adjacent to an activating group) is 1. The predicted octanol–water partition coefficient (Wildman–Crippen LogP) is 3.58. The average molecular weight is 388 g/mol. The number of anilines is 2. The Labute approximate surface area is 165 Å². The number of halogens is 1. The Balaban J connectivity index is 1.82. The maximum Gasteiger partial charge on any atom is 0.272 e. The Bertz CT molecular complexity index is 823. The normalized spacial score (nSPS) is 15.1. The minimum absolute atomic E-state index is 0.0500. The van der Waals surface area contributed by atoms with Crippen molar-refractivity contribution in [2.45, 2.75) is 27.7 Å². The molecule has 1 aliphatic rings. The SMILES string of the molecule is CCN1CCN(C(=O)c2cc(Nc3c(C)cc(C)cc3Cl)nc(C)n2)CC1. The molecule has 0 spiro atoms. The number of carbonyl (C=O) groups excluding carboxylic acids is 1. The maximum atomic E-state index is 12.9. The highest BCUT2D eigenvalue weighted by atomic mass is 35.5. The first-order valence-electron chi connectivity index (χ1n) is 9.28. The number of hydrogen-bond donors (Lipinski definition) is 1. The van der Waals surface area contributed by atoms with Gasteiger partial charge in [0.15, 0.2) is 0 Å². The van der Waals surface area contributed by atoms with E-state index < -0.39 is 0 Å². The Kier molecular flexibility index (Phi) is 5.97. The van der Waals surface area contributed by atoms with E-state index in [1.54, 1.807) is 13.0 Å². The van der Waals surface area contributed by atoms with Gasteiger partial charge in [0.2, 0.25) is 0 Å². The van der Waals surface area contributed by atoms with Gasteiger partial charge in [-0.25, -0.2) is 9.97 Å². The van der Waals surface area contributed by atoms with Crippen LogP contribution in [0.3, 0.4) is 0 Å². The van der Waals surface area contributed by atoms with E-state index in [4.69, 9.17) is 11.6 Å². The summed E-state index contributed by atoms with van der Waals surface area (Å²) in [4.78, 5) is 25.9. The molecule has 1 aliphatic heterocycles.